The second kappa shape index (κ2) is 6.88. The quantitative estimate of drug-likeness (QED) is 0.250. The van der Waals surface area contributed by atoms with Crippen molar-refractivity contribution >= 4 is 28.8 Å². The number of carbonyl (C=O) groups excluding carboxylic acids is 1. The molecule has 124 valence electrons. The zero-order chi connectivity index (χ0) is 17.8. The summed E-state index contributed by atoms with van der Waals surface area (Å²) in [6.07, 6.45) is 1.26. The van der Waals surface area contributed by atoms with Crippen LogP contribution in [0.25, 0.3) is 16.8 Å². The number of hydrogen-bond acceptors (Lipinski definition) is 4. The summed E-state index contributed by atoms with van der Waals surface area (Å²) in [6.45, 7) is 0. The van der Waals surface area contributed by atoms with Gasteiger partial charge in [0.05, 0.1) is 0 Å². The predicted octanol–water partition coefficient (Wildman–Crippen LogP) is 3.62. The number of benzene rings is 3. The lowest BCUT2D eigenvalue weighted by molar-refractivity contribution is -0.138. The number of ether oxygens (including phenoxy) is 1. The molecule has 5 nitrogen and oxygen atoms in total. The van der Waals surface area contributed by atoms with Crippen LogP contribution < -0.4 is 4.74 Å². The van der Waals surface area contributed by atoms with Crippen LogP contribution in [0.3, 0.4) is 0 Å². The van der Waals surface area contributed by atoms with Crippen molar-refractivity contribution in [2.75, 3.05) is 0 Å². The summed E-state index contributed by atoms with van der Waals surface area (Å²) in [5, 5.41) is 20.4. The van der Waals surface area contributed by atoms with Crippen LogP contribution in [0.2, 0.25) is 0 Å². The van der Waals surface area contributed by atoms with E-state index in [2.05, 4.69) is 0 Å². The number of esters is 1. The molecule has 0 amide bonds. The van der Waals surface area contributed by atoms with E-state index in [0.717, 1.165) is 10.8 Å². The molecule has 0 aliphatic rings. The van der Waals surface area contributed by atoms with E-state index in [9.17, 15) is 19.8 Å². The maximum absolute atomic E-state index is 12.2. The van der Waals surface area contributed by atoms with Crippen molar-refractivity contribution in [2.45, 2.75) is 0 Å². The monoisotopic (exact) mass is 334 g/mol. The van der Waals surface area contributed by atoms with Gasteiger partial charge in [-0.3, -0.25) is 0 Å². The molecule has 0 atom stereocenters. The zero-order valence-corrected chi connectivity index (χ0v) is 13.0. The Hall–Kier alpha value is -3.60. The highest BCUT2D eigenvalue weighted by molar-refractivity contribution is 6.17. The van der Waals surface area contributed by atoms with Gasteiger partial charge < -0.3 is 14.9 Å². The number of aliphatic carboxylic acids is 1. The molecule has 0 saturated carbocycles. The van der Waals surface area contributed by atoms with E-state index >= 15 is 0 Å². The standard InChI is InChI=1S/C20H14O5/c21-16-9-8-14-10-13(6-7-15(14)12-16)11-18(19(22)23)20(24)25-17-4-2-1-3-5-17/h1-12,21H,(H,22,23)/b18-11-. The predicted molar refractivity (Wildman–Crippen MR) is 93.3 cm³/mol. The molecule has 0 aliphatic heterocycles. The second-order valence-corrected chi connectivity index (χ2v) is 5.36. The Bertz CT molecular complexity index is 974. The number of hydrogen-bond donors (Lipinski definition) is 2. The van der Waals surface area contributed by atoms with Crippen LogP contribution in [0.15, 0.2) is 72.3 Å². The lowest BCUT2D eigenvalue weighted by Gasteiger charge is -2.05. The summed E-state index contributed by atoms with van der Waals surface area (Å²) in [5.74, 6) is -1.89. The molecule has 0 saturated heterocycles. The Balaban J connectivity index is 1.93. The van der Waals surface area contributed by atoms with Crippen LogP contribution in [0.5, 0.6) is 11.5 Å². The van der Waals surface area contributed by atoms with Crippen molar-refractivity contribution < 1.29 is 24.5 Å². The fraction of sp³-hybridized carbons (Fsp3) is 0. The Labute approximate surface area is 143 Å². The highest BCUT2D eigenvalue weighted by Crippen LogP contribution is 2.22. The lowest BCUT2D eigenvalue weighted by atomic mass is 10.0. The van der Waals surface area contributed by atoms with Crippen molar-refractivity contribution in [1.29, 1.82) is 0 Å². The molecule has 0 unspecified atom stereocenters. The summed E-state index contributed by atoms with van der Waals surface area (Å²) in [5.41, 5.74) is 0.0718. The lowest BCUT2D eigenvalue weighted by Crippen LogP contribution is -2.17. The van der Waals surface area contributed by atoms with E-state index in [0.29, 0.717) is 5.56 Å². The third-order valence-electron chi connectivity index (χ3n) is 3.56. The van der Waals surface area contributed by atoms with E-state index in [1.54, 1.807) is 60.7 Å². The van der Waals surface area contributed by atoms with Gasteiger partial charge in [0.1, 0.15) is 17.1 Å². The van der Waals surface area contributed by atoms with E-state index < -0.39 is 17.5 Å². The van der Waals surface area contributed by atoms with Crippen LogP contribution in [0, 0.1) is 0 Å². The number of phenolic OH excluding ortho intramolecular Hbond substituents is 1. The van der Waals surface area contributed by atoms with Crippen molar-refractivity contribution in [3.63, 3.8) is 0 Å². The van der Waals surface area contributed by atoms with Gasteiger partial charge in [0, 0.05) is 0 Å². The molecule has 25 heavy (non-hydrogen) atoms. The summed E-state index contributed by atoms with van der Waals surface area (Å²) in [7, 11) is 0. The average Bonchev–Trinajstić information content (AvgIpc) is 2.60. The third-order valence-corrected chi connectivity index (χ3v) is 3.56. The number of carboxylic acid groups (broad SMARTS) is 1. The number of rotatable bonds is 4. The van der Waals surface area contributed by atoms with Crippen LogP contribution in [0.1, 0.15) is 5.56 Å². The SMILES string of the molecule is O=C(O)/C(=C/c1ccc2cc(O)ccc2c1)C(=O)Oc1ccccc1. The Morgan fingerprint density at radius 2 is 1.56 bits per heavy atom. The minimum absolute atomic E-state index is 0.147. The smallest absolute Gasteiger partial charge is 0.350 e. The van der Waals surface area contributed by atoms with Gasteiger partial charge in [-0.25, -0.2) is 9.59 Å². The molecule has 0 bridgehead atoms. The first kappa shape index (κ1) is 16.3. The zero-order valence-electron chi connectivity index (χ0n) is 13.0. The molecule has 0 aliphatic carbocycles. The maximum Gasteiger partial charge on any atom is 0.350 e. The summed E-state index contributed by atoms with van der Waals surface area (Å²) >= 11 is 0. The van der Waals surface area contributed by atoms with Crippen LogP contribution >= 0.6 is 0 Å². The molecule has 0 fully saturated rings. The van der Waals surface area contributed by atoms with Gasteiger partial charge in [-0.1, -0.05) is 36.4 Å². The Morgan fingerprint density at radius 3 is 2.28 bits per heavy atom. The average molecular weight is 334 g/mol. The fourth-order valence-corrected chi connectivity index (χ4v) is 2.37. The third kappa shape index (κ3) is 3.84. The highest BCUT2D eigenvalue weighted by atomic mass is 16.5. The molecule has 0 spiro atoms. The van der Waals surface area contributed by atoms with Gasteiger partial charge in [-0.05, 0) is 52.7 Å². The van der Waals surface area contributed by atoms with E-state index in [1.165, 1.54) is 12.1 Å². The van der Waals surface area contributed by atoms with Crippen molar-refractivity contribution in [1.82, 2.24) is 0 Å². The highest BCUT2D eigenvalue weighted by Gasteiger charge is 2.20. The van der Waals surface area contributed by atoms with Crippen molar-refractivity contribution in [2.24, 2.45) is 0 Å². The number of fused-ring (bicyclic) bond motifs is 1. The molecule has 2 N–H and O–H groups in total. The van der Waals surface area contributed by atoms with Gasteiger partial charge in [0.2, 0.25) is 0 Å². The first-order chi connectivity index (χ1) is 12.0. The van der Waals surface area contributed by atoms with E-state index in [-0.39, 0.29) is 11.5 Å². The molecule has 3 rings (SSSR count). The van der Waals surface area contributed by atoms with Gasteiger partial charge in [-0.2, -0.15) is 0 Å². The molecule has 0 heterocycles. The molecule has 3 aromatic rings. The first-order valence-corrected chi connectivity index (χ1v) is 7.48. The van der Waals surface area contributed by atoms with Gasteiger partial charge >= 0.3 is 11.9 Å². The van der Waals surface area contributed by atoms with Crippen LogP contribution in [0.4, 0.5) is 0 Å². The van der Waals surface area contributed by atoms with Gasteiger partial charge in [0.15, 0.2) is 0 Å². The number of para-hydroxylation sites is 1. The van der Waals surface area contributed by atoms with Gasteiger partial charge in [-0.15, -0.1) is 0 Å². The Kier molecular flexibility index (Phi) is 4.48. The number of carboxylic acids is 1. The topological polar surface area (TPSA) is 83.8 Å². The molecule has 0 radical (unpaired) electrons. The second-order valence-electron chi connectivity index (χ2n) is 5.36. The van der Waals surface area contributed by atoms with Crippen molar-refractivity contribution in [3.8, 4) is 11.5 Å². The maximum atomic E-state index is 12.2. The van der Waals surface area contributed by atoms with E-state index in [4.69, 9.17) is 4.74 Å². The van der Waals surface area contributed by atoms with Crippen LogP contribution in [-0.4, -0.2) is 22.2 Å². The minimum atomic E-state index is -1.37. The van der Waals surface area contributed by atoms with Gasteiger partial charge in [0.25, 0.3) is 0 Å². The van der Waals surface area contributed by atoms with E-state index in [1.807, 2.05) is 0 Å². The molecule has 3 aromatic carbocycles. The largest absolute Gasteiger partial charge is 0.508 e. The number of aromatic hydroxyl groups is 1. The number of carbonyl (C=O) groups is 2. The molecule has 5 heteroatoms. The first-order valence-electron chi connectivity index (χ1n) is 7.48. The summed E-state index contributed by atoms with van der Waals surface area (Å²) in [6, 6.07) is 18.3. The summed E-state index contributed by atoms with van der Waals surface area (Å²) < 4.78 is 5.09. The fourth-order valence-electron chi connectivity index (χ4n) is 2.37. The minimum Gasteiger partial charge on any atom is -0.508 e. The number of phenols is 1. The van der Waals surface area contributed by atoms with Crippen LogP contribution in [-0.2, 0) is 9.59 Å². The Morgan fingerprint density at radius 1 is 0.880 bits per heavy atom. The summed E-state index contributed by atoms with van der Waals surface area (Å²) in [4.78, 5) is 23.6. The molecule has 0 aromatic heterocycles. The normalized spacial score (nSPS) is 11.3. The van der Waals surface area contributed by atoms with Crippen molar-refractivity contribution in [3.05, 3.63) is 77.9 Å². The molecular weight excluding hydrogens is 320 g/mol. The molecular formula is C20H14O5.